The highest BCUT2D eigenvalue weighted by Gasteiger charge is 2.27. The summed E-state index contributed by atoms with van der Waals surface area (Å²) in [5, 5.41) is 9.36. The fraction of sp³-hybridized carbons (Fsp3) is 1.00. The Labute approximate surface area is 68.6 Å². The van der Waals surface area contributed by atoms with Crippen molar-refractivity contribution in [1.82, 2.24) is 0 Å². The maximum absolute atomic E-state index is 9.36. The van der Waals surface area contributed by atoms with E-state index in [1.807, 2.05) is 6.92 Å². The van der Waals surface area contributed by atoms with Gasteiger partial charge in [-0.15, -0.1) is 0 Å². The van der Waals surface area contributed by atoms with Gasteiger partial charge >= 0.3 is 0 Å². The lowest BCUT2D eigenvalue weighted by Crippen LogP contribution is -2.34. The summed E-state index contributed by atoms with van der Waals surface area (Å²) >= 11 is 0. The summed E-state index contributed by atoms with van der Waals surface area (Å²) in [6.45, 7) is 6.02. The Morgan fingerprint density at radius 2 is 1.73 bits per heavy atom. The summed E-state index contributed by atoms with van der Waals surface area (Å²) in [6, 6.07) is 0. The molecule has 1 saturated heterocycles. The lowest BCUT2D eigenvalue weighted by Gasteiger charge is -2.33. The Morgan fingerprint density at radius 1 is 1.27 bits per heavy atom. The average Bonchev–Trinajstić information content (AvgIpc) is 1.85. The molecule has 0 aromatic rings. The van der Waals surface area contributed by atoms with Crippen LogP contribution in [-0.2, 0) is 4.74 Å². The summed E-state index contributed by atoms with van der Waals surface area (Å²) in [7, 11) is 0. The number of aliphatic hydroxyl groups excluding tert-OH is 1. The van der Waals surface area contributed by atoms with Crippen molar-refractivity contribution < 1.29 is 9.84 Å². The molecule has 0 saturated carbocycles. The number of hydrogen-bond donors (Lipinski definition) is 1. The largest absolute Gasteiger partial charge is 0.393 e. The maximum Gasteiger partial charge on any atom is 0.0554 e. The first-order chi connectivity index (χ1) is 5.09. The monoisotopic (exact) mass is 158 g/mol. The van der Waals surface area contributed by atoms with E-state index < -0.39 is 0 Å². The molecule has 2 unspecified atom stereocenters. The van der Waals surface area contributed by atoms with Gasteiger partial charge in [0.1, 0.15) is 0 Å². The van der Waals surface area contributed by atoms with Crippen LogP contribution in [0.25, 0.3) is 0 Å². The third-order valence-corrected chi connectivity index (χ3v) is 2.42. The SMILES string of the molecule is CC(O)C1C[C@@H](C)O[C@@H](C)C1. The molecule has 0 aromatic heterocycles. The summed E-state index contributed by atoms with van der Waals surface area (Å²) in [4.78, 5) is 0. The molecule has 1 N–H and O–H groups in total. The standard InChI is InChI=1S/C9H18O2/c1-6-4-9(8(3)10)5-7(2)11-6/h6-10H,4-5H2,1-3H3/t6-,7+,8?,9?. The molecule has 0 spiro atoms. The van der Waals surface area contributed by atoms with Crippen LogP contribution in [0.1, 0.15) is 33.6 Å². The van der Waals surface area contributed by atoms with E-state index in [-0.39, 0.29) is 6.10 Å². The fourth-order valence-electron chi connectivity index (χ4n) is 1.85. The van der Waals surface area contributed by atoms with E-state index in [1.165, 1.54) is 0 Å². The van der Waals surface area contributed by atoms with E-state index in [9.17, 15) is 5.11 Å². The molecule has 66 valence electrons. The lowest BCUT2D eigenvalue weighted by molar-refractivity contribution is -0.0753. The molecule has 2 nitrogen and oxygen atoms in total. The average molecular weight is 158 g/mol. The number of hydrogen-bond acceptors (Lipinski definition) is 2. The third-order valence-electron chi connectivity index (χ3n) is 2.42. The molecule has 1 rings (SSSR count). The van der Waals surface area contributed by atoms with Crippen molar-refractivity contribution in [3.8, 4) is 0 Å². The van der Waals surface area contributed by atoms with Gasteiger partial charge in [0, 0.05) is 0 Å². The molecule has 4 atom stereocenters. The quantitative estimate of drug-likeness (QED) is 0.627. The number of ether oxygens (including phenoxy) is 1. The predicted molar refractivity (Wildman–Crippen MR) is 44.4 cm³/mol. The van der Waals surface area contributed by atoms with Gasteiger partial charge in [-0.3, -0.25) is 0 Å². The Kier molecular flexibility index (Phi) is 2.90. The first-order valence-electron chi connectivity index (χ1n) is 4.43. The second-order valence-electron chi connectivity index (χ2n) is 3.73. The topological polar surface area (TPSA) is 29.5 Å². The van der Waals surface area contributed by atoms with E-state index in [2.05, 4.69) is 13.8 Å². The van der Waals surface area contributed by atoms with Gasteiger partial charge in [0.05, 0.1) is 18.3 Å². The van der Waals surface area contributed by atoms with Crippen molar-refractivity contribution in [3.05, 3.63) is 0 Å². The normalized spacial score (nSPS) is 42.0. The zero-order chi connectivity index (χ0) is 8.43. The molecule has 2 heteroatoms. The summed E-state index contributed by atoms with van der Waals surface area (Å²) in [5.41, 5.74) is 0. The van der Waals surface area contributed by atoms with Gasteiger partial charge in [-0.1, -0.05) is 0 Å². The van der Waals surface area contributed by atoms with Crippen molar-refractivity contribution in [3.63, 3.8) is 0 Å². The Hall–Kier alpha value is -0.0800. The third kappa shape index (κ3) is 2.46. The van der Waals surface area contributed by atoms with Crippen LogP contribution in [0.2, 0.25) is 0 Å². The molecule has 0 amide bonds. The van der Waals surface area contributed by atoms with Crippen LogP contribution in [0, 0.1) is 5.92 Å². The van der Waals surface area contributed by atoms with Crippen LogP contribution in [-0.4, -0.2) is 23.4 Å². The molecule has 1 fully saturated rings. The molecule has 1 aliphatic rings. The molecule has 0 aliphatic carbocycles. The van der Waals surface area contributed by atoms with Crippen molar-refractivity contribution in [2.45, 2.75) is 51.9 Å². The van der Waals surface area contributed by atoms with Gasteiger partial charge in [-0.05, 0) is 39.5 Å². The van der Waals surface area contributed by atoms with E-state index >= 15 is 0 Å². The number of aliphatic hydroxyl groups is 1. The van der Waals surface area contributed by atoms with Crippen LogP contribution >= 0.6 is 0 Å². The first kappa shape index (κ1) is 9.01. The van der Waals surface area contributed by atoms with E-state index in [0.717, 1.165) is 12.8 Å². The Balaban J connectivity index is 2.43. The smallest absolute Gasteiger partial charge is 0.0554 e. The zero-order valence-corrected chi connectivity index (χ0v) is 7.58. The molecule has 0 aromatic carbocycles. The van der Waals surface area contributed by atoms with Gasteiger partial charge in [0.2, 0.25) is 0 Å². The van der Waals surface area contributed by atoms with Gasteiger partial charge in [-0.25, -0.2) is 0 Å². The Bertz CT molecular complexity index is 113. The minimum Gasteiger partial charge on any atom is -0.393 e. The Morgan fingerprint density at radius 3 is 2.09 bits per heavy atom. The second-order valence-corrected chi connectivity index (χ2v) is 3.73. The molecule has 1 aliphatic heterocycles. The molecule has 0 bridgehead atoms. The van der Waals surface area contributed by atoms with Gasteiger partial charge < -0.3 is 9.84 Å². The van der Waals surface area contributed by atoms with Crippen LogP contribution in [0.4, 0.5) is 0 Å². The van der Waals surface area contributed by atoms with Gasteiger partial charge in [0.25, 0.3) is 0 Å². The zero-order valence-electron chi connectivity index (χ0n) is 7.58. The molecular weight excluding hydrogens is 140 g/mol. The molecule has 11 heavy (non-hydrogen) atoms. The summed E-state index contributed by atoms with van der Waals surface area (Å²) in [6.07, 6.45) is 2.46. The highest BCUT2D eigenvalue weighted by molar-refractivity contribution is 4.76. The van der Waals surface area contributed by atoms with Crippen molar-refractivity contribution in [2.75, 3.05) is 0 Å². The molecule has 1 heterocycles. The minimum absolute atomic E-state index is 0.177. The first-order valence-corrected chi connectivity index (χ1v) is 4.43. The number of rotatable bonds is 1. The predicted octanol–water partition coefficient (Wildman–Crippen LogP) is 1.57. The van der Waals surface area contributed by atoms with Gasteiger partial charge in [-0.2, -0.15) is 0 Å². The second kappa shape index (κ2) is 3.55. The highest BCUT2D eigenvalue weighted by atomic mass is 16.5. The van der Waals surface area contributed by atoms with Crippen molar-refractivity contribution in [2.24, 2.45) is 5.92 Å². The van der Waals surface area contributed by atoms with Gasteiger partial charge in [0.15, 0.2) is 0 Å². The minimum atomic E-state index is -0.177. The van der Waals surface area contributed by atoms with Crippen LogP contribution < -0.4 is 0 Å². The van der Waals surface area contributed by atoms with E-state index in [1.54, 1.807) is 0 Å². The van der Waals surface area contributed by atoms with Crippen LogP contribution in [0.15, 0.2) is 0 Å². The maximum atomic E-state index is 9.36. The van der Waals surface area contributed by atoms with Crippen molar-refractivity contribution >= 4 is 0 Å². The van der Waals surface area contributed by atoms with Crippen LogP contribution in [0.5, 0.6) is 0 Å². The van der Waals surface area contributed by atoms with E-state index in [0.29, 0.717) is 18.1 Å². The highest BCUT2D eigenvalue weighted by Crippen LogP contribution is 2.26. The summed E-state index contributed by atoms with van der Waals surface area (Å²) < 4.78 is 5.56. The lowest BCUT2D eigenvalue weighted by atomic mass is 9.89. The molecule has 0 radical (unpaired) electrons. The summed E-state index contributed by atoms with van der Waals surface area (Å²) in [5.74, 6) is 0.439. The van der Waals surface area contributed by atoms with E-state index in [4.69, 9.17) is 4.74 Å². The van der Waals surface area contributed by atoms with Crippen LogP contribution in [0.3, 0.4) is 0 Å². The fourth-order valence-corrected chi connectivity index (χ4v) is 1.85. The molecular formula is C9H18O2. The van der Waals surface area contributed by atoms with Crippen molar-refractivity contribution in [1.29, 1.82) is 0 Å².